The molecule has 0 aliphatic rings. The van der Waals surface area contributed by atoms with Gasteiger partial charge in [0.05, 0.1) is 12.8 Å². The molecule has 1 aromatic rings. The fourth-order valence-corrected chi connectivity index (χ4v) is 1.05. The first-order valence-corrected chi connectivity index (χ1v) is 5.88. The maximum atomic E-state index is 5.76. The van der Waals surface area contributed by atoms with E-state index in [1.54, 1.807) is 0 Å². The van der Waals surface area contributed by atoms with Gasteiger partial charge in [-0.05, 0) is 18.5 Å². The van der Waals surface area contributed by atoms with E-state index in [2.05, 4.69) is 9.97 Å². The number of rotatable bonds is 5. The van der Waals surface area contributed by atoms with Crippen LogP contribution in [0.2, 0.25) is 10.3 Å². The Hall–Kier alpha value is -0.580. The van der Waals surface area contributed by atoms with Crippen molar-refractivity contribution in [2.45, 2.75) is 20.8 Å². The van der Waals surface area contributed by atoms with Crippen LogP contribution in [0.1, 0.15) is 20.8 Å². The zero-order valence-corrected chi connectivity index (χ0v) is 11.2. The van der Waals surface area contributed by atoms with Crippen molar-refractivity contribution in [3.8, 4) is 5.88 Å². The van der Waals surface area contributed by atoms with Crippen LogP contribution in [0, 0.1) is 0 Å². The van der Waals surface area contributed by atoms with E-state index in [0.717, 1.165) is 0 Å². The van der Waals surface area contributed by atoms with Crippen LogP contribution in [0.15, 0.2) is 6.20 Å². The molecule has 0 unspecified atom stereocenters. The molecule has 0 amide bonds. The first-order chi connectivity index (χ1) is 7.74. The standard InChI is InChI=1S/C8H10Cl2N2O2.C2H6/c1-2-13-3-4-14-7-6(9)5-11-8(10)12-7;1-2/h5H,2-4H2,1H3;1-2H3. The van der Waals surface area contributed by atoms with Crippen molar-refractivity contribution in [1.82, 2.24) is 9.97 Å². The average molecular weight is 267 g/mol. The zero-order valence-electron chi connectivity index (χ0n) is 9.67. The van der Waals surface area contributed by atoms with Crippen LogP contribution < -0.4 is 4.74 Å². The Kier molecular flexibility index (Phi) is 9.28. The summed E-state index contributed by atoms with van der Waals surface area (Å²) in [5.41, 5.74) is 0. The Morgan fingerprint density at radius 2 is 1.94 bits per heavy atom. The molecule has 0 N–H and O–H groups in total. The van der Waals surface area contributed by atoms with Gasteiger partial charge in [-0.1, -0.05) is 25.4 Å². The number of hydrogen-bond donors (Lipinski definition) is 0. The Morgan fingerprint density at radius 1 is 1.25 bits per heavy atom. The molecule has 1 heterocycles. The van der Waals surface area contributed by atoms with Gasteiger partial charge in [0.25, 0.3) is 0 Å². The molecular weight excluding hydrogens is 251 g/mol. The van der Waals surface area contributed by atoms with Gasteiger partial charge in [-0.15, -0.1) is 0 Å². The smallest absolute Gasteiger partial charge is 0.237 e. The van der Waals surface area contributed by atoms with Crippen molar-refractivity contribution < 1.29 is 9.47 Å². The van der Waals surface area contributed by atoms with E-state index in [1.165, 1.54) is 6.20 Å². The molecule has 0 aromatic carbocycles. The normalized spacial score (nSPS) is 9.31. The summed E-state index contributed by atoms with van der Waals surface area (Å²) in [7, 11) is 0. The fourth-order valence-electron chi connectivity index (χ4n) is 0.774. The largest absolute Gasteiger partial charge is 0.474 e. The van der Waals surface area contributed by atoms with E-state index < -0.39 is 0 Å². The third-order valence-electron chi connectivity index (χ3n) is 1.35. The van der Waals surface area contributed by atoms with Gasteiger partial charge in [0.15, 0.2) is 0 Å². The van der Waals surface area contributed by atoms with Crippen molar-refractivity contribution in [2.75, 3.05) is 19.8 Å². The quantitative estimate of drug-likeness (QED) is 0.607. The minimum Gasteiger partial charge on any atom is -0.474 e. The monoisotopic (exact) mass is 266 g/mol. The number of aromatic nitrogens is 2. The van der Waals surface area contributed by atoms with E-state index >= 15 is 0 Å². The lowest BCUT2D eigenvalue weighted by atomic mass is 10.6. The zero-order chi connectivity index (χ0) is 12.4. The van der Waals surface area contributed by atoms with Crippen LogP contribution in [0.4, 0.5) is 0 Å². The molecule has 0 fully saturated rings. The number of halogens is 2. The molecular formula is C10H16Cl2N2O2. The summed E-state index contributed by atoms with van der Waals surface area (Å²) in [4.78, 5) is 7.51. The van der Waals surface area contributed by atoms with Crippen LogP contribution in [0.25, 0.3) is 0 Å². The number of nitrogens with zero attached hydrogens (tertiary/aromatic N) is 2. The van der Waals surface area contributed by atoms with Crippen molar-refractivity contribution in [3.05, 3.63) is 16.5 Å². The van der Waals surface area contributed by atoms with Gasteiger partial charge < -0.3 is 9.47 Å². The van der Waals surface area contributed by atoms with Crippen molar-refractivity contribution in [1.29, 1.82) is 0 Å². The maximum absolute atomic E-state index is 5.76. The van der Waals surface area contributed by atoms with Crippen LogP contribution in [-0.2, 0) is 4.74 Å². The van der Waals surface area contributed by atoms with E-state index in [4.69, 9.17) is 32.7 Å². The second-order valence-electron chi connectivity index (χ2n) is 2.34. The Bertz CT molecular complexity index is 298. The molecule has 1 aromatic heterocycles. The lowest BCUT2D eigenvalue weighted by molar-refractivity contribution is 0.108. The van der Waals surface area contributed by atoms with Gasteiger partial charge in [0, 0.05) is 6.61 Å². The highest BCUT2D eigenvalue weighted by atomic mass is 35.5. The molecule has 0 saturated heterocycles. The molecule has 4 nitrogen and oxygen atoms in total. The van der Waals surface area contributed by atoms with Crippen molar-refractivity contribution >= 4 is 23.2 Å². The SMILES string of the molecule is CC.CCOCCOc1nc(Cl)ncc1Cl. The minimum atomic E-state index is 0.112. The molecule has 0 spiro atoms. The Balaban J connectivity index is 0.00000106. The molecule has 0 saturated carbocycles. The summed E-state index contributed by atoms with van der Waals surface area (Å²) in [6.45, 7) is 7.45. The van der Waals surface area contributed by atoms with E-state index in [0.29, 0.717) is 24.8 Å². The molecule has 6 heteroatoms. The lowest BCUT2D eigenvalue weighted by Gasteiger charge is -2.06. The third-order valence-corrected chi connectivity index (χ3v) is 1.79. The van der Waals surface area contributed by atoms with Gasteiger partial charge in [-0.2, -0.15) is 4.98 Å². The van der Waals surface area contributed by atoms with Crippen LogP contribution in [0.5, 0.6) is 5.88 Å². The number of hydrogen-bond acceptors (Lipinski definition) is 4. The highest BCUT2D eigenvalue weighted by Gasteiger charge is 2.04. The van der Waals surface area contributed by atoms with Crippen LogP contribution in [-0.4, -0.2) is 29.8 Å². The topological polar surface area (TPSA) is 44.2 Å². The molecule has 0 bridgehead atoms. The summed E-state index contributed by atoms with van der Waals surface area (Å²) in [5, 5.41) is 0.451. The molecule has 0 atom stereocenters. The molecule has 0 radical (unpaired) electrons. The highest BCUT2D eigenvalue weighted by molar-refractivity contribution is 6.32. The van der Waals surface area contributed by atoms with E-state index in [-0.39, 0.29) is 11.2 Å². The Labute approximate surface area is 106 Å². The minimum absolute atomic E-state index is 0.112. The molecule has 92 valence electrons. The summed E-state index contributed by atoms with van der Waals surface area (Å²) >= 11 is 11.3. The van der Waals surface area contributed by atoms with Gasteiger partial charge in [0.1, 0.15) is 11.6 Å². The van der Waals surface area contributed by atoms with E-state index in [9.17, 15) is 0 Å². The van der Waals surface area contributed by atoms with Gasteiger partial charge >= 0.3 is 0 Å². The number of ether oxygens (including phenoxy) is 2. The average Bonchev–Trinajstić information content (AvgIpc) is 2.31. The fraction of sp³-hybridized carbons (Fsp3) is 0.600. The molecule has 16 heavy (non-hydrogen) atoms. The van der Waals surface area contributed by atoms with Gasteiger partial charge in [-0.3, -0.25) is 0 Å². The Morgan fingerprint density at radius 3 is 2.56 bits per heavy atom. The van der Waals surface area contributed by atoms with Crippen LogP contribution >= 0.6 is 23.2 Å². The van der Waals surface area contributed by atoms with Crippen LogP contribution in [0.3, 0.4) is 0 Å². The van der Waals surface area contributed by atoms with Gasteiger partial charge in [0.2, 0.25) is 11.2 Å². The lowest BCUT2D eigenvalue weighted by Crippen LogP contribution is -2.07. The summed E-state index contributed by atoms with van der Waals surface area (Å²) in [6, 6.07) is 0. The molecule has 0 aliphatic heterocycles. The summed E-state index contributed by atoms with van der Waals surface area (Å²) in [6.07, 6.45) is 1.40. The predicted molar refractivity (Wildman–Crippen MR) is 65.4 cm³/mol. The molecule has 1 rings (SSSR count). The van der Waals surface area contributed by atoms with Crippen molar-refractivity contribution in [2.24, 2.45) is 0 Å². The van der Waals surface area contributed by atoms with E-state index in [1.807, 2.05) is 20.8 Å². The first kappa shape index (κ1) is 15.4. The highest BCUT2D eigenvalue weighted by Crippen LogP contribution is 2.21. The molecule has 0 aliphatic carbocycles. The van der Waals surface area contributed by atoms with Crippen molar-refractivity contribution in [3.63, 3.8) is 0 Å². The first-order valence-electron chi connectivity index (χ1n) is 5.12. The second kappa shape index (κ2) is 9.63. The third kappa shape index (κ3) is 6.10. The second-order valence-corrected chi connectivity index (χ2v) is 3.08. The maximum Gasteiger partial charge on any atom is 0.237 e. The van der Waals surface area contributed by atoms with Gasteiger partial charge in [-0.25, -0.2) is 4.98 Å². The summed E-state index contributed by atoms with van der Waals surface area (Å²) in [5.74, 6) is 0.284. The predicted octanol–water partition coefficient (Wildman–Crippen LogP) is 3.22. The summed E-state index contributed by atoms with van der Waals surface area (Å²) < 4.78 is 10.3.